The number of aromatic amines is 1. The maximum atomic E-state index is 12.2. The summed E-state index contributed by atoms with van der Waals surface area (Å²) in [6.45, 7) is -0.452. The van der Waals surface area contributed by atoms with Crippen molar-refractivity contribution in [2.75, 3.05) is 6.61 Å². The van der Waals surface area contributed by atoms with E-state index in [9.17, 15) is 13.6 Å². The van der Waals surface area contributed by atoms with E-state index in [1.54, 1.807) is 6.07 Å². The van der Waals surface area contributed by atoms with Gasteiger partial charge in [-0.25, -0.2) is 13.8 Å². The number of nitrogens with zero attached hydrogens (tertiary/aromatic N) is 2. The first-order valence-electron chi connectivity index (χ1n) is 7.84. The predicted octanol–water partition coefficient (Wildman–Crippen LogP) is 2.26. The van der Waals surface area contributed by atoms with Crippen LogP contribution in [0.3, 0.4) is 0 Å². The van der Waals surface area contributed by atoms with Gasteiger partial charge in [-0.05, 0) is 37.3 Å². The van der Waals surface area contributed by atoms with E-state index >= 15 is 0 Å². The number of pyridine rings is 1. The van der Waals surface area contributed by atoms with Crippen molar-refractivity contribution in [2.24, 2.45) is 0 Å². The van der Waals surface area contributed by atoms with E-state index in [2.05, 4.69) is 20.5 Å². The van der Waals surface area contributed by atoms with Crippen LogP contribution in [0.1, 0.15) is 40.3 Å². The van der Waals surface area contributed by atoms with Crippen molar-refractivity contribution in [2.45, 2.75) is 38.7 Å². The van der Waals surface area contributed by atoms with E-state index in [1.165, 1.54) is 17.7 Å². The number of fused-ring (bicyclic) bond motifs is 1. The van der Waals surface area contributed by atoms with E-state index in [1.807, 2.05) is 0 Å². The highest BCUT2D eigenvalue weighted by Crippen LogP contribution is 2.22. The molecule has 24 heavy (non-hydrogen) atoms. The summed E-state index contributed by atoms with van der Waals surface area (Å²) >= 11 is 0. The molecule has 0 saturated carbocycles. The van der Waals surface area contributed by atoms with Gasteiger partial charge in [0.15, 0.2) is 6.61 Å². The molecule has 0 aliphatic heterocycles. The van der Waals surface area contributed by atoms with Crippen LogP contribution in [0.5, 0.6) is 5.88 Å². The summed E-state index contributed by atoms with van der Waals surface area (Å²) in [6, 6.07) is 4.48. The van der Waals surface area contributed by atoms with Crippen molar-refractivity contribution in [3.05, 3.63) is 40.8 Å². The van der Waals surface area contributed by atoms with Crippen LogP contribution < -0.4 is 10.1 Å². The van der Waals surface area contributed by atoms with Crippen molar-refractivity contribution in [3.63, 3.8) is 0 Å². The van der Waals surface area contributed by atoms with Crippen LogP contribution in [0.4, 0.5) is 8.78 Å². The summed E-state index contributed by atoms with van der Waals surface area (Å²) in [7, 11) is 0. The number of H-pyrrole nitrogens is 1. The molecule has 2 aromatic heterocycles. The molecule has 8 heteroatoms. The molecule has 0 atom stereocenters. The number of rotatable bonds is 6. The van der Waals surface area contributed by atoms with Crippen LogP contribution in [0, 0.1) is 0 Å². The van der Waals surface area contributed by atoms with Gasteiger partial charge in [0.05, 0.1) is 12.2 Å². The fourth-order valence-corrected chi connectivity index (χ4v) is 2.72. The van der Waals surface area contributed by atoms with Crippen molar-refractivity contribution in [3.8, 4) is 5.88 Å². The zero-order valence-corrected chi connectivity index (χ0v) is 13.0. The number of alkyl halides is 2. The van der Waals surface area contributed by atoms with Gasteiger partial charge in [-0.2, -0.15) is 5.10 Å². The molecule has 6 nitrogen and oxygen atoms in total. The Labute approximate surface area is 137 Å². The smallest absolute Gasteiger partial charge is 0.272 e. The third kappa shape index (κ3) is 3.87. The normalized spacial score (nSPS) is 13.6. The van der Waals surface area contributed by atoms with Crippen LogP contribution in [0.25, 0.3) is 0 Å². The van der Waals surface area contributed by atoms with Gasteiger partial charge in [-0.3, -0.25) is 9.89 Å². The van der Waals surface area contributed by atoms with Gasteiger partial charge >= 0.3 is 0 Å². The number of carbonyl (C=O) groups is 1. The summed E-state index contributed by atoms with van der Waals surface area (Å²) in [5.41, 5.74) is 3.28. The number of hydrogen-bond acceptors (Lipinski definition) is 4. The summed E-state index contributed by atoms with van der Waals surface area (Å²) in [4.78, 5) is 16.1. The van der Waals surface area contributed by atoms with Crippen LogP contribution >= 0.6 is 0 Å². The minimum absolute atomic E-state index is 0.0000914. The molecule has 1 amide bonds. The number of nitrogens with one attached hydrogen (secondary N) is 2. The summed E-state index contributed by atoms with van der Waals surface area (Å²) < 4.78 is 29.1. The largest absolute Gasteiger partial charge is 0.472 e. The highest BCUT2D eigenvalue weighted by molar-refractivity contribution is 5.92. The summed E-state index contributed by atoms with van der Waals surface area (Å²) in [5, 5.41) is 10.0. The van der Waals surface area contributed by atoms with Crippen molar-refractivity contribution in [1.29, 1.82) is 0 Å². The Morgan fingerprint density at radius 3 is 3.00 bits per heavy atom. The number of carbonyl (C=O) groups excluding carboxylic acids is 1. The maximum absolute atomic E-state index is 12.2. The second kappa shape index (κ2) is 7.37. The maximum Gasteiger partial charge on any atom is 0.272 e. The summed E-state index contributed by atoms with van der Waals surface area (Å²) in [6.07, 6.45) is 1.64. The molecule has 3 rings (SSSR count). The molecule has 0 aromatic carbocycles. The van der Waals surface area contributed by atoms with E-state index in [0.29, 0.717) is 6.54 Å². The van der Waals surface area contributed by atoms with Crippen LogP contribution in [-0.4, -0.2) is 34.1 Å². The lowest BCUT2D eigenvalue weighted by molar-refractivity contribution is 0.0792. The Morgan fingerprint density at radius 1 is 1.33 bits per heavy atom. The SMILES string of the molecule is O=C(NCc1n[nH]c2c1CCCC2)c1cccc(OCC(F)F)n1. The number of aromatic nitrogens is 3. The monoisotopic (exact) mass is 336 g/mol. The molecule has 0 radical (unpaired) electrons. The number of amides is 1. The molecule has 2 aromatic rings. The first kappa shape index (κ1) is 16.4. The third-order valence-electron chi connectivity index (χ3n) is 3.87. The Kier molecular flexibility index (Phi) is 5.02. The minimum atomic E-state index is -2.59. The summed E-state index contributed by atoms with van der Waals surface area (Å²) in [5.74, 6) is -0.398. The fraction of sp³-hybridized carbons (Fsp3) is 0.438. The average molecular weight is 336 g/mol. The topological polar surface area (TPSA) is 79.9 Å². The lowest BCUT2D eigenvalue weighted by atomic mass is 9.96. The molecule has 0 bridgehead atoms. The molecule has 128 valence electrons. The first-order chi connectivity index (χ1) is 11.6. The van der Waals surface area contributed by atoms with Gasteiger partial charge in [0, 0.05) is 11.8 Å². The molecular weight excluding hydrogens is 318 g/mol. The van der Waals surface area contributed by atoms with Gasteiger partial charge in [0.25, 0.3) is 12.3 Å². The Morgan fingerprint density at radius 2 is 2.17 bits per heavy atom. The van der Waals surface area contributed by atoms with E-state index in [4.69, 9.17) is 4.74 Å². The first-order valence-corrected chi connectivity index (χ1v) is 7.84. The van der Waals surface area contributed by atoms with Gasteiger partial charge < -0.3 is 10.1 Å². The van der Waals surface area contributed by atoms with Crippen LogP contribution in [0.15, 0.2) is 18.2 Å². The van der Waals surface area contributed by atoms with Gasteiger partial charge in [0.1, 0.15) is 5.69 Å². The molecule has 1 aliphatic rings. The van der Waals surface area contributed by atoms with Crippen LogP contribution in [-0.2, 0) is 19.4 Å². The van der Waals surface area contributed by atoms with Crippen molar-refractivity contribution in [1.82, 2.24) is 20.5 Å². The Bertz CT molecular complexity index is 718. The fourth-order valence-electron chi connectivity index (χ4n) is 2.72. The molecule has 0 spiro atoms. The molecule has 0 saturated heterocycles. The Hall–Kier alpha value is -2.51. The molecule has 0 fully saturated rings. The minimum Gasteiger partial charge on any atom is -0.472 e. The second-order valence-electron chi connectivity index (χ2n) is 5.58. The lowest BCUT2D eigenvalue weighted by Crippen LogP contribution is -2.25. The predicted molar refractivity (Wildman–Crippen MR) is 82.1 cm³/mol. The van der Waals surface area contributed by atoms with Gasteiger partial charge in [-0.15, -0.1) is 0 Å². The molecular formula is C16H18F2N4O2. The third-order valence-corrected chi connectivity index (χ3v) is 3.87. The van der Waals surface area contributed by atoms with Crippen LogP contribution in [0.2, 0.25) is 0 Å². The second-order valence-corrected chi connectivity index (χ2v) is 5.58. The number of ether oxygens (including phenoxy) is 1. The Balaban J connectivity index is 1.61. The number of hydrogen-bond donors (Lipinski definition) is 2. The zero-order chi connectivity index (χ0) is 16.9. The van der Waals surface area contributed by atoms with Gasteiger partial charge in [0.2, 0.25) is 5.88 Å². The number of aryl methyl sites for hydroxylation is 1. The molecule has 2 N–H and O–H groups in total. The van der Waals surface area contributed by atoms with Gasteiger partial charge in [-0.1, -0.05) is 6.07 Å². The standard InChI is InChI=1S/C16H18F2N4O2/c17-14(18)9-24-15-7-3-6-12(20-15)16(23)19-8-13-10-4-1-2-5-11(10)21-22-13/h3,6-7,14H,1-2,4-5,8-9H2,(H,19,23)(H,21,22). The lowest BCUT2D eigenvalue weighted by Gasteiger charge is -2.11. The zero-order valence-electron chi connectivity index (χ0n) is 13.0. The van der Waals surface area contributed by atoms with Crippen molar-refractivity contribution < 1.29 is 18.3 Å². The average Bonchev–Trinajstić information content (AvgIpc) is 3.01. The number of halogens is 2. The van der Waals surface area contributed by atoms with E-state index < -0.39 is 18.9 Å². The van der Waals surface area contributed by atoms with E-state index in [-0.39, 0.29) is 11.6 Å². The highest BCUT2D eigenvalue weighted by atomic mass is 19.3. The molecule has 0 unspecified atom stereocenters. The van der Waals surface area contributed by atoms with E-state index in [0.717, 1.165) is 37.1 Å². The highest BCUT2D eigenvalue weighted by Gasteiger charge is 2.17. The quantitative estimate of drug-likeness (QED) is 0.848. The molecule has 2 heterocycles. The van der Waals surface area contributed by atoms with Crippen molar-refractivity contribution >= 4 is 5.91 Å². The molecule has 1 aliphatic carbocycles.